The van der Waals surface area contributed by atoms with Gasteiger partial charge in [-0.05, 0) is 24.1 Å². The van der Waals surface area contributed by atoms with Gasteiger partial charge in [-0.1, -0.05) is 23.3 Å². The van der Waals surface area contributed by atoms with Crippen molar-refractivity contribution in [1.82, 2.24) is 4.31 Å². The molecular formula is C12H14N4O4S. The molecule has 2 rings (SSSR count). The summed E-state index contributed by atoms with van der Waals surface area (Å²) in [6.45, 7) is -0.0406. The molecule has 0 aromatic heterocycles. The fourth-order valence-corrected chi connectivity index (χ4v) is 3.93. The highest BCUT2D eigenvalue weighted by Gasteiger charge is 2.44. The van der Waals surface area contributed by atoms with Gasteiger partial charge < -0.3 is 4.74 Å². The Hall–Kier alpha value is -2.09. The highest BCUT2D eigenvalue weighted by atomic mass is 32.2. The van der Waals surface area contributed by atoms with Crippen LogP contribution in [0.3, 0.4) is 0 Å². The van der Waals surface area contributed by atoms with Crippen molar-refractivity contribution in [2.24, 2.45) is 5.11 Å². The molecule has 0 radical (unpaired) electrons. The first-order valence-corrected chi connectivity index (χ1v) is 7.63. The molecule has 1 aromatic carbocycles. The van der Waals surface area contributed by atoms with Crippen molar-refractivity contribution < 1.29 is 17.9 Å². The summed E-state index contributed by atoms with van der Waals surface area (Å²) in [5.41, 5.74) is 8.49. The zero-order chi connectivity index (χ0) is 15.5. The molecule has 0 aliphatic carbocycles. The third kappa shape index (κ3) is 2.99. The van der Waals surface area contributed by atoms with Crippen LogP contribution in [-0.2, 0) is 19.6 Å². The van der Waals surface area contributed by atoms with E-state index in [1.165, 1.54) is 19.2 Å². The Kier molecular flexibility index (Phi) is 4.46. The Balaban J connectivity index is 2.39. The molecule has 0 amide bonds. The average Bonchev–Trinajstić information content (AvgIpc) is 2.92. The third-order valence-electron chi connectivity index (χ3n) is 3.27. The van der Waals surface area contributed by atoms with Crippen molar-refractivity contribution in [2.75, 3.05) is 13.7 Å². The molecule has 112 valence electrons. The molecule has 1 heterocycles. The summed E-state index contributed by atoms with van der Waals surface area (Å²) in [6, 6.07) is 6.23. The largest absolute Gasteiger partial charge is 0.468 e. The third-order valence-corrected chi connectivity index (χ3v) is 5.16. The Morgan fingerprint density at radius 1 is 1.43 bits per heavy atom. The van der Waals surface area contributed by atoms with Gasteiger partial charge in [0.05, 0.1) is 18.0 Å². The molecule has 0 bridgehead atoms. The summed E-state index contributed by atoms with van der Waals surface area (Å²) in [7, 11) is -2.65. The first kappa shape index (κ1) is 15.3. The van der Waals surface area contributed by atoms with Gasteiger partial charge >= 0.3 is 5.97 Å². The molecule has 1 aliphatic heterocycles. The van der Waals surface area contributed by atoms with Crippen molar-refractivity contribution in [2.45, 2.75) is 23.4 Å². The molecule has 0 unspecified atom stereocenters. The maximum absolute atomic E-state index is 12.6. The summed E-state index contributed by atoms with van der Waals surface area (Å²) in [4.78, 5) is 14.6. The number of carbonyl (C=O) groups is 1. The van der Waals surface area contributed by atoms with Gasteiger partial charge in [0, 0.05) is 11.5 Å². The molecular weight excluding hydrogens is 296 g/mol. The molecule has 2 atom stereocenters. The van der Waals surface area contributed by atoms with E-state index in [1.807, 2.05) is 0 Å². The van der Waals surface area contributed by atoms with Crippen LogP contribution in [-0.4, -0.2) is 44.4 Å². The molecule has 1 fully saturated rings. The average molecular weight is 310 g/mol. The second-order valence-electron chi connectivity index (χ2n) is 4.52. The van der Waals surface area contributed by atoms with E-state index in [0.717, 1.165) is 4.31 Å². The number of rotatable bonds is 4. The molecule has 21 heavy (non-hydrogen) atoms. The quantitative estimate of drug-likeness (QED) is 0.361. The zero-order valence-corrected chi connectivity index (χ0v) is 12.1. The fraction of sp³-hybridized carbons (Fsp3) is 0.417. The lowest BCUT2D eigenvalue weighted by Crippen LogP contribution is -2.41. The van der Waals surface area contributed by atoms with Crippen molar-refractivity contribution in [3.05, 3.63) is 40.8 Å². The second kappa shape index (κ2) is 6.13. The van der Waals surface area contributed by atoms with Gasteiger partial charge in [0.15, 0.2) is 0 Å². The van der Waals surface area contributed by atoms with E-state index < -0.39 is 28.1 Å². The lowest BCUT2D eigenvalue weighted by atomic mass is 10.2. The number of sulfonamides is 1. The molecule has 8 nitrogen and oxygen atoms in total. The minimum absolute atomic E-state index is 0.0406. The van der Waals surface area contributed by atoms with Gasteiger partial charge in [-0.3, -0.25) is 4.79 Å². The van der Waals surface area contributed by atoms with Crippen LogP contribution in [0.15, 0.2) is 40.3 Å². The summed E-state index contributed by atoms with van der Waals surface area (Å²) < 4.78 is 30.9. The van der Waals surface area contributed by atoms with Crippen LogP contribution in [0.5, 0.6) is 0 Å². The van der Waals surface area contributed by atoms with Crippen LogP contribution in [0.4, 0.5) is 0 Å². The Morgan fingerprint density at radius 2 is 2.10 bits per heavy atom. The molecule has 1 aromatic rings. The predicted molar refractivity (Wildman–Crippen MR) is 73.7 cm³/mol. The van der Waals surface area contributed by atoms with Crippen molar-refractivity contribution in [3.63, 3.8) is 0 Å². The Morgan fingerprint density at radius 3 is 2.67 bits per heavy atom. The minimum atomic E-state index is -3.85. The maximum Gasteiger partial charge on any atom is 0.324 e. The molecule has 9 heteroatoms. The van der Waals surface area contributed by atoms with Crippen LogP contribution in [0.25, 0.3) is 10.4 Å². The predicted octanol–water partition coefficient (Wildman–Crippen LogP) is 1.30. The molecule has 0 spiro atoms. The summed E-state index contributed by atoms with van der Waals surface area (Å²) in [6.07, 6.45) is 0.114. The summed E-state index contributed by atoms with van der Waals surface area (Å²) >= 11 is 0. The normalized spacial score (nSPS) is 22.5. The number of hydrogen-bond donors (Lipinski definition) is 0. The summed E-state index contributed by atoms with van der Waals surface area (Å²) in [5.74, 6) is -0.662. The lowest BCUT2D eigenvalue weighted by molar-refractivity contribution is -0.144. The van der Waals surface area contributed by atoms with Gasteiger partial charge in [0.2, 0.25) is 10.0 Å². The second-order valence-corrected chi connectivity index (χ2v) is 6.41. The molecule has 0 N–H and O–H groups in total. The number of esters is 1. The molecule has 1 saturated heterocycles. The van der Waals surface area contributed by atoms with E-state index in [0.29, 0.717) is 0 Å². The minimum Gasteiger partial charge on any atom is -0.468 e. The monoisotopic (exact) mass is 310 g/mol. The van der Waals surface area contributed by atoms with Gasteiger partial charge in [0.25, 0.3) is 0 Å². The number of carbonyl (C=O) groups excluding carboxylic acids is 1. The van der Waals surface area contributed by atoms with Crippen LogP contribution >= 0.6 is 0 Å². The highest BCUT2D eigenvalue weighted by Crippen LogP contribution is 2.28. The van der Waals surface area contributed by atoms with Crippen molar-refractivity contribution in [1.29, 1.82) is 0 Å². The zero-order valence-electron chi connectivity index (χ0n) is 11.3. The highest BCUT2D eigenvalue weighted by molar-refractivity contribution is 7.89. The van der Waals surface area contributed by atoms with E-state index in [4.69, 9.17) is 5.53 Å². The van der Waals surface area contributed by atoms with Gasteiger partial charge in [-0.15, -0.1) is 0 Å². The number of nitrogens with zero attached hydrogens (tertiary/aromatic N) is 4. The Labute approximate surface area is 122 Å². The number of ether oxygens (including phenoxy) is 1. The maximum atomic E-state index is 12.6. The first-order valence-electron chi connectivity index (χ1n) is 6.19. The van der Waals surface area contributed by atoms with Gasteiger partial charge in [-0.2, -0.15) is 4.31 Å². The SMILES string of the molecule is COC(=O)[C@H]1C[C@H](N=[N+]=[N-])CN1S(=O)(=O)c1ccccc1. The Bertz CT molecular complexity index is 670. The van der Waals surface area contributed by atoms with Crippen LogP contribution < -0.4 is 0 Å². The van der Waals surface area contributed by atoms with Crippen LogP contribution in [0.1, 0.15) is 6.42 Å². The number of azide groups is 1. The fourth-order valence-electron chi connectivity index (χ4n) is 2.28. The summed E-state index contributed by atoms with van der Waals surface area (Å²) in [5, 5.41) is 3.51. The number of hydrogen-bond acceptors (Lipinski definition) is 5. The number of benzene rings is 1. The van der Waals surface area contributed by atoms with E-state index in [1.54, 1.807) is 18.2 Å². The van der Waals surface area contributed by atoms with E-state index in [9.17, 15) is 13.2 Å². The van der Waals surface area contributed by atoms with Crippen molar-refractivity contribution >= 4 is 16.0 Å². The van der Waals surface area contributed by atoms with Crippen LogP contribution in [0.2, 0.25) is 0 Å². The lowest BCUT2D eigenvalue weighted by Gasteiger charge is -2.21. The van der Waals surface area contributed by atoms with Crippen LogP contribution in [0, 0.1) is 0 Å². The first-order chi connectivity index (χ1) is 10.0. The van der Waals surface area contributed by atoms with E-state index >= 15 is 0 Å². The van der Waals surface area contributed by atoms with Crippen molar-refractivity contribution in [3.8, 4) is 0 Å². The molecule has 0 saturated carbocycles. The van der Waals surface area contributed by atoms with Gasteiger partial charge in [0.1, 0.15) is 6.04 Å². The van der Waals surface area contributed by atoms with E-state index in [2.05, 4.69) is 14.8 Å². The van der Waals surface area contributed by atoms with Gasteiger partial charge in [-0.25, -0.2) is 8.42 Å². The topological polar surface area (TPSA) is 112 Å². The standard InChI is InChI=1S/C12H14N4O4S/c1-20-12(17)11-7-9(14-15-13)8-16(11)21(18,19)10-5-3-2-4-6-10/h2-6,9,11H,7-8H2,1H3/t9-,11+/m0/s1. The molecule has 1 aliphatic rings. The van der Waals surface area contributed by atoms with E-state index in [-0.39, 0.29) is 17.9 Å². The smallest absolute Gasteiger partial charge is 0.324 e. The number of methoxy groups -OCH3 is 1.